The lowest BCUT2D eigenvalue weighted by molar-refractivity contribution is 0.213. The van der Waals surface area contributed by atoms with E-state index in [2.05, 4.69) is 24.1 Å². The fourth-order valence-electron chi connectivity index (χ4n) is 3.55. The van der Waals surface area contributed by atoms with Gasteiger partial charge in [0, 0.05) is 18.6 Å². The molecule has 2 nitrogen and oxygen atoms in total. The van der Waals surface area contributed by atoms with Crippen molar-refractivity contribution in [3.63, 3.8) is 0 Å². The van der Waals surface area contributed by atoms with Gasteiger partial charge in [0.15, 0.2) is 0 Å². The highest BCUT2D eigenvalue weighted by Gasteiger charge is 2.35. The number of nitrogens with one attached hydrogen (secondary N) is 1. The fourth-order valence-corrected chi connectivity index (χ4v) is 3.55. The van der Waals surface area contributed by atoms with Crippen molar-refractivity contribution in [2.24, 2.45) is 5.92 Å². The van der Waals surface area contributed by atoms with Gasteiger partial charge in [-0.05, 0) is 51.1 Å². The minimum atomic E-state index is 0.459. The molecule has 2 atom stereocenters. The molecule has 2 unspecified atom stereocenters. The van der Waals surface area contributed by atoms with E-state index in [0.29, 0.717) is 5.54 Å². The average Bonchev–Trinajstić information content (AvgIpc) is 2.90. The van der Waals surface area contributed by atoms with Crippen LogP contribution in [0.25, 0.3) is 0 Å². The molecule has 2 fully saturated rings. The first-order valence-electron chi connectivity index (χ1n) is 7.25. The smallest absolute Gasteiger partial charge is 0.0306 e. The SMILES string of the molecule is CCCC1CCN(CC2(CC)CCCN2)C1. The van der Waals surface area contributed by atoms with Crippen molar-refractivity contribution < 1.29 is 0 Å². The summed E-state index contributed by atoms with van der Waals surface area (Å²) in [6.07, 6.45) is 8.28. The van der Waals surface area contributed by atoms with Gasteiger partial charge >= 0.3 is 0 Å². The maximum Gasteiger partial charge on any atom is 0.0306 e. The van der Waals surface area contributed by atoms with E-state index < -0.39 is 0 Å². The third-order valence-electron chi connectivity index (χ3n) is 4.60. The molecule has 0 bridgehead atoms. The third-order valence-corrected chi connectivity index (χ3v) is 4.60. The van der Waals surface area contributed by atoms with Crippen LogP contribution in [0.3, 0.4) is 0 Å². The third kappa shape index (κ3) is 2.78. The van der Waals surface area contributed by atoms with Crippen LogP contribution >= 0.6 is 0 Å². The maximum atomic E-state index is 3.75. The Balaban J connectivity index is 1.81. The number of hydrogen-bond donors (Lipinski definition) is 1. The van der Waals surface area contributed by atoms with Gasteiger partial charge in [-0.2, -0.15) is 0 Å². The zero-order valence-electron chi connectivity index (χ0n) is 11.1. The average molecular weight is 224 g/mol. The second-order valence-corrected chi connectivity index (χ2v) is 5.84. The Morgan fingerprint density at radius 3 is 2.88 bits per heavy atom. The van der Waals surface area contributed by atoms with Gasteiger partial charge in [0.05, 0.1) is 0 Å². The predicted octanol–water partition coefficient (Wildman–Crippen LogP) is 2.64. The first-order chi connectivity index (χ1) is 7.78. The van der Waals surface area contributed by atoms with Crippen molar-refractivity contribution in [3.8, 4) is 0 Å². The fraction of sp³-hybridized carbons (Fsp3) is 1.00. The van der Waals surface area contributed by atoms with Gasteiger partial charge in [-0.1, -0.05) is 20.3 Å². The van der Waals surface area contributed by atoms with Crippen LogP contribution in [-0.4, -0.2) is 36.6 Å². The van der Waals surface area contributed by atoms with Gasteiger partial charge in [-0.25, -0.2) is 0 Å². The quantitative estimate of drug-likeness (QED) is 0.772. The van der Waals surface area contributed by atoms with Crippen molar-refractivity contribution in [1.29, 1.82) is 0 Å². The van der Waals surface area contributed by atoms with E-state index in [1.54, 1.807) is 0 Å². The van der Waals surface area contributed by atoms with Crippen molar-refractivity contribution >= 4 is 0 Å². The van der Waals surface area contributed by atoms with E-state index in [0.717, 1.165) is 5.92 Å². The molecule has 2 heterocycles. The van der Waals surface area contributed by atoms with E-state index in [1.807, 2.05) is 0 Å². The van der Waals surface area contributed by atoms with Gasteiger partial charge in [0.2, 0.25) is 0 Å². The molecule has 0 amide bonds. The van der Waals surface area contributed by atoms with E-state index in [4.69, 9.17) is 0 Å². The van der Waals surface area contributed by atoms with Crippen LogP contribution in [0.15, 0.2) is 0 Å². The Morgan fingerprint density at radius 1 is 1.38 bits per heavy atom. The van der Waals surface area contributed by atoms with Gasteiger partial charge in [0.1, 0.15) is 0 Å². The molecule has 0 aliphatic carbocycles. The highest BCUT2D eigenvalue weighted by atomic mass is 15.2. The summed E-state index contributed by atoms with van der Waals surface area (Å²) in [5.41, 5.74) is 0.459. The largest absolute Gasteiger partial charge is 0.310 e. The molecule has 0 aromatic rings. The van der Waals surface area contributed by atoms with Gasteiger partial charge in [-0.15, -0.1) is 0 Å². The van der Waals surface area contributed by atoms with Crippen LogP contribution in [0.2, 0.25) is 0 Å². The molecule has 2 rings (SSSR count). The minimum Gasteiger partial charge on any atom is -0.310 e. The summed E-state index contributed by atoms with van der Waals surface area (Å²) < 4.78 is 0. The predicted molar refractivity (Wildman–Crippen MR) is 69.7 cm³/mol. The summed E-state index contributed by atoms with van der Waals surface area (Å²) in [5.74, 6) is 0.986. The molecular weight excluding hydrogens is 196 g/mol. The minimum absolute atomic E-state index is 0.459. The van der Waals surface area contributed by atoms with E-state index in [9.17, 15) is 0 Å². The highest BCUT2D eigenvalue weighted by Crippen LogP contribution is 2.28. The monoisotopic (exact) mass is 224 g/mol. The highest BCUT2D eigenvalue weighted by molar-refractivity contribution is 4.95. The van der Waals surface area contributed by atoms with E-state index >= 15 is 0 Å². The molecular formula is C14H28N2. The van der Waals surface area contributed by atoms with Crippen molar-refractivity contribution in [1.82, 2.24) is 10.2 Å². The van der Waals surface area contributed by atoms with Crippen molar-refractivity contribution in [2.45, 2.75) is 57.9 Å². The Kier molecular flexibility index (Phi) is 4.26. The lowest BCUT2D eigenvalue weighted by Crippen LogP contribution is -2.48. The Labute approximate surface area is 101 Å². The second-order valence-electron chi connectivity index (χ2n) is 5.84. The number of likely N-dealkylation sites (tertiary alicyclic amines) is 1. The van der Waals surface area contributed by atoms with E-state index in [-0.39, 0.29) is 0 Å². The molecule has 0 aromatic carbocycles. The van der Waals surface area contributed by atoms with Crippen LogP contribution in [0.1, 0.15) is 52.4 Å². The van der Waals surface area contributed by atoms with Gasteiger partial charge in [0.25, 0.3) is 0 Å². The normalized spacial score (nSPS) is 36.0. The molecule has 1 N–H and O–H groups in total. The molecule has 0 saturated carbocycles. The summed E-state index contributed by atoms with van der Waals surface area (Å²) in [6, 6.07) is 0. The van der Waals surface area contributed by atoms with Crippen LogP contribution in [0.5, 0.6) is 0 Å². The van der Waals surface area contributed by atoms with Crippen LogP contribution in [-0.2, 0) is 0 Å². The first-order valence-corrected chi connectivity index (χ1v) is 7.25. The molecule has 0 aromatic heterocycles. The lowest BCUT2D eigenvalue weighted by atomic mass is 9.93. The molecule has 2 saturated heterocycles. The van der Waals surface area contributed by atoms with Crippen LogP contribution in [0, 0.1) is 5.92 Å². The number of rotatable bonds is 5. The topological polar surface area (TPSA) is 15.3 Å². The first kappa shape index (κ1) is 12.4. The summed E-state index contributed by atoms with van der Waals surface area (Å²) >= 11 is 0. The molecule has 94 valence electrons. The lowest BCUT2D eigenvalue weighted by Gasteiger charge is -2.33. The van der Waals surface area contributed by atoms with E-state index in [1.165, 1.54) is 64.7 Å². The molecule has 0 radical (unpaired) electrons. The Bertz CT molecular complexity index is 209. The Hall–Kier alpha value is -0.0800. The van der Waals surface area contributed by atoms with Gasteiger partial charge < -0.3 is 10.2 Å². The summed E-state index contributed by atoms with van der Waals surface area (Å²) in [7, 11) is 0. The zero-order valence-corrected chi connectivity index (χ0v) is 11.1. The molecule has 0 spiro atoms. The number of hydrogen-bond acceptors (Lipinski definition) is 2. The molecule has 16 heavy (non-hydrogen) atoms. The summed E-state index contributed by atoms with van der Waals surface area (Å²) in [4.78, 5) is 2.71. The number of nitrogens with zero attached hydrogens (tertiary/aromatic N) is 1. The Morgan fingerprint density at radius 2 is 2.25 bits per heavy atom. The van der Waals surface area contributed by atoms with Crippen molar-refractivity contribution in [2.75, 3.05) is 26.2 Å². The zero-order chi connectivity index (χ0) is 11.4. The molecule has 2 heteroatoms. The summed E-state index contributed by atoms with van der Waals surface area (Å²) in [6.45, 7) is 9.89. The standard InChI is InChI=1S/C14H28N2/c1-3-6-13-7-10-16(11-13)12-14(4-2)8-5-9-15-14/h13,15H,3-12H2,1-2H3. The van der Waals surface area contributed by atoms with Crippen LogP contribution in [0.4, 0.5) is 0 Å². The molecule has 2 aliphatic rings. The van der Waals surface area contributed by atoms with Gasteiger partial charge in [-0.3, -0.25) is 0 Å². The summed E-state index contributed by atoms with van der Waals surface area (Å²) in [5, 5.41) is 3.75. The van der Waals surface area contributed by atoms with Crippen molar-refractivity contribution in [3.05, 3.63) is 0 Å². The maximum absolute atomic E-state index is 3.75. The molecule has 2 aliphatic heterocycles. The second kappa shape index (κ2) is 5.50. The van der Waals surface area contributed by atoms with Crippen LogP contribution < -0.4 is 5.32 Å².